The Bertz CT molecular complexity index is 851. The van der Waals surface area contributed by atoms with E-state index in [1.165, 1.54) is 44.7 Å². The highest BCUT2D eigenvalue weighted by Gasteiger charge is 2.26. The number of hydrogen-bond acceptors (Lipinski definition) is 0. The first-order valence-corrected chi connectivity index (χ1v) is 11.3. The van der Waals surface area contributed by atoms with Gasteiger partial charge >= 0.3 is 0 Å². The lowest BCUT2D eigenvalue weighted by atomic mass is 9.76. The largest absolute Gasteiger partial charge is 0.203 e. The molecule has 0 nitrogen and oxygen atoms in total. The fraction of sp³-hybridized carbons (Fsp3) is 0.538. The van der Waals surface area contributed by atoms with Gasteiger partial charge in [-0.15, -0.1) is 0 Å². The second-order valence-electron chi connectivity index (χ2n) is 8.82. The normalized spacial score (nSPS) is 19.3. The van der Waals surface area contributed by atoms with Crippen molar-refractivity contribution in [2.24, 2.45) is 5.92 Å². The Kier molecular flexibility index (Phi) is 7.96. The third kappa shape index (κ3) is 5.25. The lowest BCUT2D eigenvalue weighted by Gasteiger charge is -2.29. The third-order valence-electron chi connectivity index (χ3n) is 6.71. The van der Waals surface area contributed by atoms with Gasteiger partial charge in [0, 0.05) is 0 Å². The van der Waals surface area contributed by atoms with E-state index >= 15 is 0 Å². The fourth-order valence-corrected chi connectivity index (χ4v) is 4.71. The van der Waals surface area contributed by atoms with Gasteiger partial charge in [0.2, 0.25) is 0 Å². The lowest BCUT2D eigenvalue weighted by Crippen LogP contribution is -2.15. The Morgan fingerprint density at radius 1 is 0.733 bits per heavy atom. The van der Waals surface area contributed by atoms with Crippen molar-refractivity contribution in [1.29, 1.82) is 0 Å². The molecule has 0 aromatic heterocycles. The maximum atomic E-state index is 14.8. The van der Waals surface area contributed by atoms with Gasteiger partial charge < -0.3 is 0 Å². The molecule has 0 bridgehead atoms. The van der Waals surface area contributed by atoms with Gasteiger partial charge in [-0.1, -0.05) is 56.9 Å². The first-order chi connectivity index (χ1) is 14.4. The molecule has 0 atom stereocenters. The van der Waals surface area contributed by atoms with Crippen molar-refractivity contribution in [3.8, 4) is 0 Å². The van der Waals surface area contributed by atoms with Crippen LogP contribution in [0.25, 0.3) is 0 Å². The van der Waals surface area contributed by atoms with E-state index in [0.29, 0.717) is 11.5 Å². The van der Waals surface area contributed by atoms with Crippen molar-refractivity contribution >= 4 is 0 Å². The topological polar surface area (TPSA) is 0 Å². The minimum atomic E-state index is -0.900. The molecule has 1 aliphatic rings. The molecule has 0 spiro atoms. The minimum Gasteiger partial charge on any atom is -0.203 e. The molecular formula is C26H32F4. The molecule has 2 aromatic carbocycles. The third-order valence-corrected chi connectivity index (χ3v) is 6.71. The van der Waals surface area contributed by atoms with E-state index in [0.717, 1.165) is 25.7 Å². The van der Waals surface area contributed by atoms with Crippen LogP contribution in [-0.4, -0.2) is 0 Å². The maximum Gasteiger partial charge on any atom is 0.162 e. The number of rotatable bonds is 8. The van der Waals surface area contributed by atoms with Crippen LogP contribution < -0.4 is 0 Å². The van der Waals surface area contributed by atoms with Crippen LogP contribution in [0.4, 0.5) is 17.6 Å². The Morgan fingerprint density at radius 3 is 1.97 bits per heavy atom. The molecule has 4 heteroatoms. The van der Waals surface area contributed by atoms with Crippen LogP contribution in [-0.2, 0) is 12.8 Å². The molecule has 2 aromatic rings. The fourth-order valence-electron chi connectivity index (χ4n) is 4.71. The van der Waals surface area contributed by atoms with Crippen LogP contribution in [0.3, 0.4) is 0 Å². The summed E-state index contributed by atoms with van der Waals surface area (Å²) in [4.78, 5) is 0. The van der Waals surface area contributed by atoms with Crippen molar-refractivity contribution in [1.82, 2.24) is 0 Å². The molecule has 1 aliphatic carbocycles. The SMILES string of the molecule is CCCCCC1CCC(c2ccc(CCc3ccc(C)c(F)c3F)c(F)c2F)CC1. The van der Waals surface area contributed by atoms with E-state index in [9.17, 15) is 17.6 Å². The van der Waals surface area contributed by atoms with Gasteiger partial charge in [0.15, 0.2) is 23.3 Å². The van der Waals surface area contributed by atoms with Gasteiger partial charge in [0.25, 0.3) is 0 Å². The van der Waals surface area contributed by atoms with Crippen molar-refractivity contribution in [3.63, 3.8) is 0 Å². The van der Waals surface area contributed by atoms with E-state index in [-0.39, 0.29) is 35.4 Å². The van der Waals surface area contributed by atoms with Crippen LogP contribution in [0.2, 0.25) is 0 Å². The maximum absolute atomic E-state index is 14.8. The van der Waals surface area contributed by atoms with E-state index < -0.39 is 23.3 Å². The quantitative estimate of drug-likeness (QED) is 0.298. The predicted octanol–water partition coefficient (Wildman–Crippen LogP) is 8.19. The van der Waals surface area contributed by atoms with E-state index in [1.807, 2.05) is 0 Å². The molecule has 0 radical (unpaired) electrons. The summed E-state index contributed by atoms with van der Waals surface area (Å²) in [6, 6.07) is 6.33. The molecule has 0 aliphatic heterocycles. The number of halogens is 4. The predicted molar refractivity (Wildman–Crippen MR) is 114 cm³/mol. The van der Waals surface area contributed by atoms with Crippen molar-refractivity contribution in [3.05, 3.63) is 69.8 Å². The van der Waals surface area contributed by atoms with Crippen LogP contribution in [0.15, 0.2) is 24.3 Å². The summed E-state index contributed by atoms with van der Waals surface area (Å²) in [6.07, 6.45) is 9.21. The number of aryl methyl sites for hydroxylation is 3. The summed E-state index contributed by atoms with van der Waals surface area (Å²) in [5.41, 5.74) is 1.10. The van der Waals surface area contributed by atoms with Crippen molar-refractivity contribution in [2.45, 2.75) is 84.0 Å². The Morgan fingerprint density at radius 2 is 1.33 bits per heavy atom. The Labute approximate surface area is 177 Å². The summed E-state index contributed by atoms with van der Waals surface area (Å²) in [5, 5.41) is 0. The highest BCUT2D eigenvalue weighted by Crippen LogP contribution is 2.39. The number of hydrogen-bond donors (Lipinski definition) is 0. The smallest absolute Gasteiger partial charge is 0.162 e. The molecule has 0 unspecified atom stereocenters. The van der Waals surface area contributed by atoms with Gasteiger partial charge in [0.05, 0.1) is 0 Å². The molecule has 0 amide bonds. The zero-order valence-corrected chi connectivity index (χ0v) is 18.0. The van der Waals surface area contributed by atoms with Crippen molar-refractivity contribution in [2.75, 3.05) is 0 Å². The van der Waals surface area contributed by atoms with E-state index in [2.05, 4.69) is 6.92 Å². The van der Waals surface area contributed by atoms with E-state index in [1.54, 1.807) is 12.1 Å². The average Bonchev–Trinajstić information content (AvgIpc) is 2.75. The molecule has 3 rings (SSSR count). The first-order valence-electron chi connectivity index (χ1n) is 11.3. The summed E-state index contributed by atoms with van der Waals surface area (Å²) in [5.74, 6) is -2.60. The van der Waals surface area contributed by atoms with Gasteiger partial charge in [-0.25, -0.2) is 17.6 Å². The second-order valence-corrected chi connectivity index (χ2v) is 8.82. The summed E-state index contributed by atoms with van der Waals surface area (Å²) >= 11 is 0. The Balaban J connectivity index is 1.63. The van der Waals surface area contributed by atoms with Gasteiger partial charge in [-0.3, -0.25) is 0 Å². The zero-order chi connectivity index (χ0) is 21.7. The molecular weight excluding hydrogens is 388 g/mol. The highest BCUT2D eigenvalue weighted by atomic mass is 19.2. The Hall–Kier alpha value is -1.84. The van der Waals surface area contributed by atoms with Crippen LogP contribution in [0.1, 0.15) is 86.5 Å². The van der Waals surface area contributed by atoms with Crippen molar-refractivity contribution < 1.29 is 17.6 Å². The molecule has 0 saturated heterocycles. The molecule has 1 saturated carbocycles. The molecule has 1 fully saturated rings. The molecule has 30 heavy (non-hydrogen) atoms. The standard InChI is InChI=1S/C26H32F4/c1-3-4-5-6-18-8-11-19(12-9-18)22-16-15-21(25(29)26(22)30)14-13-20-10-7-17(2)23(27)24(20)28/h7,10,15-16,18-19H,3-6,8-9,11-14H2,1-2H3. The molecule has 164 valence electrons. The summed E-state index contributed by atoms with van der Waals surface area (Å²) < 4.78 is 57.3. The zero-order valence-electron chi connectivity index (χ0n) is 18.0. The number of unbranched alkanes of at least 4 members (excludes halogenated alkanes) is 2. The first kappa shape index (κ1) is 22.8. The van der Waals surface area contributed by atoms with Crippen LogP contribution >= 0.6 is 0 Å². The minimum absolute atomic E-state index is 0.0691. The molecule has 0 N–H and O–H groups in total. The highest BCUT2D eigenvalue weighted by molar-refractivity contribution is 5.31. The number of benzene rings is 2. The van der Waals surface area contributed by atoms with E-state index in [4.69, 9.17) is 0 Å². The summed E-state index contributed by atoms with van der Waals surface area (Å²) in [7, 11) is 0. The summed E-state index contributed by atoms with van der Waals surface area (Å²) in [6.45, 7) is 3.70. The van der Waals surface area contributed by atoms with Gasteiger partial charge in [-0.05, 0) is 79.5 Å². The lowest BCUT2D eigenvalue weighted by molar-refractivity contribution is 0.297. The molecule has 0 heterocycles. The van der Waals surface area contributed by atoms with Crippen LogP contribution in [0.5, 0.6) is 0 Å². The van der Waals surface area contributed by atoms with Crippen LogP contribution in [0, 0.1) is 36.1 Å². The monoisotopic (exact) mass is 420 g/mol. The van der Waals surface area contributed by atoms with Gasteiger partial charge in [-0.2, -0.15) is 0 Å². The average molecular weight is 421 g/mol. The van der Waals surface area contributed by atoms with Gasteiger partial charge in [0.1, 0.15) is 0 Å². The second kappa shape index (κ2) is 10.5.